The minimum Gasteiger partial charge on any atom is -0.331 e. The summed E-state index contributed by atoms with van der Waals surface area (Å²) in [6, 6.07) is 3.58. The number of rotatable bonds is 5. The molecule has 1 unspecified atom stereocenters. The van der Waals surface area contributed by atoms with Gasteiger partial charge in [-0.25, -0.2) is 4.98 Å². The summed E-state index contributed by atoms with van der Waals surface area (Å²) in [7, 11) is 0. The van der Waals surface area contributed by atoms with Crippen LogP contribution in [0.4, 0.5) is 0 Å². The second-order valence-electron chi connectivity index (χ2n) is 6.10. The van der Waals surface area contributed by atoms with Crippen molar-refractivity contribution in [3.63, 3.8) is 0 Å². The molecule has 1 fully saturated rings. The average Bonchev–Trinajstić information content (AvgIpc) is 2.54. The van der Waals surface area contributed by atoms with Gasteiger partial charge in [0.1, 0.15) is 11.9 Å². The van der Waals surface area contributed by atoms with Gasteiger partial charge in [-0.05, 0) is 59.7 Å². The number of hydrogen-bond donors (Lipinski definition) is 2. The Bertz CT molecular complexity index is 542. The summed E-state index contributed by atoms with van der Waals surface area (Å²) in [6.45, 7) is 2.22. The van der Waals surface area contributed by atoms with E-state index in [1.807, 2.05) is 0 Å². The van der Waals surface area contributed by atoms with Gasteiger partial charge in [0.15, 0.2) is 0 Å². The summed E-state index contributed by atoms with van der Waals surface area (Å²) in [6.07, 6.45) is 6.32. The van der Waals surface area contributed by atoms with Gasteiger partial charge in [-0.15, -0.1) is 0 Å². The quantitative estimate of drug-likeness (QED) is 0.492. The van der Waals surface area contributed by atoms with Crippen molar-refractivity contribution in [3.8, 4) is 0 Å². The Morgan fingerprint density at radius 3 is 2.50 bits per heavy atom. The van der Waals surface area contributed by atoms with Crippen molar-refractivity contribution in [2.24, 2.45) is 5.92 Å². The highest BCUT2D eigenvalue weighted by atomic mass is 79.9. The first-order chi connectivity index (χ1) is 11.3. The van der Waals surface area contributed by atoms with Crippen LogP contribution in [0.15, 0.2) is 22.8 Å². The van der Waals surface area contributed by atoms with Crippen molar-refractivity contribution < 1.29 is 4.79 Å². The standard InChI is InChI=1S/C16H21BrCl3N3O/c1-2-10-3-6-12(7-4-10)22-15(16(18,19)20)23-14(24)13-8-5-11(17)9-21-13/h5,8-10,12,15,22H,2-4,6-7H2,1H3,(H,23,24). The zero-order chi connectivity index (χ0) is 17.7. The first-order valence-corrected chi connectivity index (χ1v) is 9.97. The lowest BCUT2D eigenvalue weighted by Gasteiger charge is -2.34. The second-order valence-corrected chi connectivity index (χ2v) is 9.39. The molecule has 0 radical (unpaired) electrons. The van der Waals surface area contributed by atoms with Crippen LogP contribution in [0.2, 0.25) is 0 Å². The van der Waals surface area contributed by atoms with E-state index < -0.39 is 9.96 Å². The molecule has 0 aromatic carbocycles. The Balaban J connectivity index is 1.98. The molecular weight excluding hydrogens is 436 g/mol. The van der Waals surface area contributed by atoms with E-state index in [9.17, 15) is 4.79 Å². The Labute approximate surface area is 166 Å². The van der Waals surface area contributed by atoms with E-state index in [2.05, 4.69) is 38.5 Å². The number of halogens is 4. The summed E-state index contributed by atoms with van der Waals surface area (Å²) in [5.74, 6) is 0.393. The lowest BCUT2D eigenvalue weighted by molar-refractivity contribution is 0.0917. The van der Waals surface area contributed by atoms with Crippen LogP contribution in [0.25, 0.3) is 0 Å². The van der Waals surface area contributed by atoms with Crippen LogP contribution in [-0.4, -0.2) is 26.9 Å². The van der Waals surface area contributed by atoms with Crippen LogP contribution < -0.4 is 10.6 Å². The molecule has 24 heavy (non-hydrogen) atoms. The number of aromatic nitrogens is 1. The Kier molecular flexibility index (Phi) is 7.62. The number of carbonyl (C=O) groups excluding carboxylic acids is 1. The molecule has 1 saturated carbocycles. The van der Waals surface area contributed by atoms with Crippen LogP contribution in [0.3, 0.4) is 0 Å². The summed E-state index contributed by atoms with van der Waals surface area (Å²) in [5.41, 5.74) is 0.272. The Morgan fingerprint density at radius 1 is 1.33 bits per heavy atom. The molecule has 0 saturated heterocycles. The van der Waals surface area contributed by atoms with E-state index in [1.165, 1.54) is 6.42 Å². The molecule has 1 aromatic rings. The molecule has 1 aliphatic carbocycles. The lowest BCUT2D eigenvalue weighted by atomic mass is 9.84. The third kappa shape index (κ3) is 6.03. The fraction of sp³-hybridized carbons (Fsp3) is 0.625. The molecule has 0 bridgehead atoms. The minimum atomic E-state index is -1.65. The SMILES string of the molecule is CCC1CCC(NC(NC(=O)c2ccc(Br)cn2)C(Cl)(Cl)Cl)CC1. The van der Waals surface area contributed by atoms with Gasteiger partial charge in [-0.1, -0.05) is 48.1 Å². The van der Waals surface area contributed by atoms with E-state index in [1.54, 1.807) is 18.3 Å². The maximum Gasteiger partial charge on any atom is 0.271 e. The van der Waals surface area contributed by atoms with Crippen LogP contribution >= 0.6 is 50.7 Å². The zero-order valence-electron chi connectivity index (χ0n) is 13.4. The number of nitrogens with zero attached hydrogens (tertiary/aromatic N) is 1. The van der Waals surface area contributed by atoms with Crippen LogP contribution in [-0.2, 0) is 0 Å². The van der Waals surface area contributed by atoms with Crippen molar-refractivity contribution in [2.45, 2.75) is 55.0 Å². The first kappa shape index (κ1) is 20.2. The van der Waals surface area contributed by atoms with E-state index in [0.29, 0.717) is 0 Å². The number of carbonyl (C=O) groups is 1. The van der Waals surface area contributed by atoms with E-state index in [0.717, 1.165) is 36.1 Å². The van der Waals surface area contributed by atoms with E-state index >= 15 is 0 Å². The summed E-state index contributed by atoms with van der Waals surface area (Å²) >= 11 is 21.5. The topological polar surface area (TPSA) is 54.0 Å². The maximum absolute atomic E-state index is 12.3. The number of nitrogens with one attached hydrogen (secondary N) is 2. The molecule has 1 amide bonds. The molecule has 0 aliphatic heterocycles. The van der Waals surface area contributed by atoms with Gasteiger partial charge < -0.3 is 5.32 Å². The van der Waals surface area contributed by atoms with Crippen molar-refractivity contribution in [1.29, 1.82) is 0 Å². The van der Waals surface area contributed by atoms with Gasteiger partial charge in [-0.3, -0.25) is 10.1 Å². The number of pyridine rings is 1. The van der Waals surface area contributed by atoms with E-state index in [4.69, 9.17) is 34.8 Å². The molecule has 134 valence electrons. The van der Waals surface area contributed by atoms with Crippen molar-refractivity contribution in [3.05, 3.63) is 28.5 Å². The van der Waals surface area contributed by atoms with Gasteiger partial charge in [0.2, 0.25) is 3.79 Å². The molecule has 2 rings (SSSR count). The van der Waals surface area contributed by atoms with Gasteiger partial charge in [0.25, 0.3) is 5.91 Å². The highest BCUT2D eigenvalue weighted by Gasteiger charge is 2.36. The Morgan fingerprint density at radius 2 is 2.00 bits per heavy atom. The minimum absolute atomic E-state index is 0.228. The zero-order valence-corrected chi connectivity index (χ0v) is 17.2. The van der Waals surface area contributed by atoms with Crippen LogP contribution in [0, 0.1) is 5.92 Å². The van der Waals surface area contributed by atoms with Crippen molar-refractivity contribution in [1.82, 2.24) is 15.6 Å². The van der Waals surface area contributed by atoms with Crippen LogP contribution in [0.5, 0.6) is 0 Å². The molecule has 8 heteroatoms. The summed E-state index contributed by atoms with van der Waals surface area (Å²) < 4.78 is -0.852. The van der Waals surface area contributed by atoms with Gasteiger partial charge in [-0.2, -0.15) is 0 Å². The molecular formula is C16H21BrCl3N3O. The molecule has 1 heterocycles. The molecule has 4 nitrogen and oxygen atoms in total. The number of alkyl halides is 3. The highest BCUT2D eigenvalue weighted by molar-refractivity contribution is 9.10. The third-order valence-corrected chi connectivity index (χ3v) is 5.51. The predicted octanol–water partition coefficient (Wildman–Crippen LogP) is 4.83. The molecule has 0 spiro atoms. The number of amides is 1. The van der Waals surface area contributed by atoms with Gasteiger partial charge in [0.05, 0.1) is 0 Å². The average molecular weight is 458 g/mol. The predicted molar refractivity (Wildman–Crippen MR) is 103 cm³/mol. The lowest BCUT2D eigenvalue weighted by Crippen LogP contribution is -2.57. The molecule has 1 aliphatic rings. The van der Waals surface area contributed by atoms with Crippen molar-refractivity contribution in [2.75, 3.05) is 0 Å². The van der Waals surface area contributed by atoms with Crippen LogP contribution in [0.1, 0.15) is 49.5 Å². The second kappa shape index (κ2) is 9.04. The summed E-state index contributed by atoms with van der Waals surface area (Å²) in [4.78, 5) is 16.4. The highest BCUT2D eigenvalue weighted by Crippen LogP contribution is 2.32. The van der Waals surface area contributed by atoms with E-state index in [-0.39, 0.29) is 17.6 Å². The molecule has 2 N–H and O–H groups in total. The first-order valence-electron chi connectivity index (χ1n) is 8.04. The summed E-state index contributed by atoms with van der Waals surface area (Å²) in [5, 5.41) is 6.03. The fourth-order valence-electron chi connectivity index (χ4n) is 2.91. The number of hydrogen-bond acceptors (Lipinski definition) is 3. The fourth-order valence-corrected chi connectivity index (χ4v) is 3.49. The Hall–Kier alpha value is -0.0700. The maximum atomic E-state index is 12.3. The van der Waals surface area contributed by atoms with Crippen molar-refractivity contribution >= 4 is 56.6 Å². The molecule has 1 atom stereocenters. The normalized spacial score (nSPS) is 22.9. The smallest absolute Gasteiger partial charge is 0.271 e. The largest absolute Gasteiger partial charge is 0.331 e. The monoisotopic (exact) mass is 455 g/mol. The molecule has 1 aromatic heterocycles. The third-order valence-electron chi connectivity index (χ3n) is 4.39. The van der Waals surface area contributed by atoms with Gasteiger partial charge in [0, 0.05) is 16.7 Å². The van der Waals surface area contributed by atoms with Gasteiger partial charge >= 0.3 is 0 Å².